The van der Waals surface area contributed by atoms with Crippen LogP contribution in [-0.2, 0) is 4.74 Å². The van der Waals surface area contributed by atoms with Crippen LogP contribution in [0.4, 0.5) is 23.0 Å². The minimum atomic E-state index is -0.475. The van der Waals surface area contributed by atoms with E-state index in [0.29, 0.717) is 37.0 Å². The minimum absolute atomic E-state index is 0.133. The van der Waals surface area contributed by atoms with E-state index in [9.17, 15) is 10.1 Å². The number of nitrogens with one attached hydrogen (secondary N) is 1. The molecule has 8 nitrogen and oxygen atoms in total. The van der Waals surface area contributed by atoms with Gasteiger partial charge in [-0.2, -0.15) is 0 Å². The number of hydrogen-bond donors (Lipinski definition) is 1. The van der Waals surface area contributed by atoms with Crippen molar-refractivity contribution in [2.24, 2.45) is 0 Å². The molecular weight excluding hydrogens is 322 g/mol. The second-order valence-electron chi connectivity index (χ2n) is 4.89. The standard InChI is InChI=1S/C14H14ClN5O3/c15-10-2-1-3-11(8-10)18-13-12(20(21)22)14(17-9-16-13)19-4-6-23-7-5-19/h1-3,8-9H,4-7H2,(H,16,17,18). The third-order valence-electron chi connectivity index (χ3n) is 3.38. The Hall–Kier alpha value is -2.45. The summed E-state index contributed by atoms with van der Waals surface area (Å²) in [6.45, 7) is 2.12. The average Bonchev–Trinajstić information content (AvgIpc) is 2.55. The highest BCUT2D eigenvalue weighted by Crippen LogP contribution is 2.34. The van der Waals surface area contributed by atoms with Crippen LogP contribution in [0.25, 0.3) is 0 Å². The van der Waals surface area contributed by atoms with E-state index in [2.05, 4.69) is 15.3 Å². The Morgan fingerprint density at radius 3 is 2.78 bits per heavy atom. The number of hydrogen-bond acceptors (Lipinski definition) is 7. The zero-order chi connectivity index (χ0) is 16.2. The van der Waals surface area contributed by atoms with Crippen molar-refractivity contribution >= 4 is 34.6 Å². The van der Waals surface area contributed by atoms with Crippen molar-refractivity contribution in [1.29, 1.82) is 0 Å². The number of benzene rings is 1. The number of rotatable bonds is 4. The Balaban J connectivity index is 1.97. The first kappa shape index (κ1) is 15.4. The van der Waals surface area contributed by atoms with E-state index >= 15 is 0 Å². The first-order valence-corrected chi connectivity index (χ1v) is 7.37. The fraction of sp³-hybridized carbons (Fsp3) is 0.286. The quantitative estimate of drug-likeness (QED) is 0.678. The minimum Gasteiger partial charge on any atom is -0.378 e. The van der Waals surface area contributed by atoms with E-state index < -0.39 is 4.92 Å². The number of nitrogens with zero attached hydrogens (tertiary/aromatic N) is 4. The van der Waals surface area contributed by atoms with Crippen LogP contribution in [0.5, 0.6) is 0 Å². The molecule has 1 N–H and O–H groups in total. The third-order valence-corrected chi connectivity index (χ3v) is 3.62. The predicted molar refractivity (Wildman–Crippen MR) is 86.5 cm³/mol. The molecule has 0 aliphatic carbocycles. The van der Waals surface area contributed by atoms with Crippen molar-refractivity contribution in [3.05, 3.63) is 45.7 Å². The summed E-state index contributed by atoms with van der Waals surface area (Å²) in [5.74, 6) is 0.423. The smallest absolute Gasteiger partial charge is 0.353 e. The molecule has 1 aromatic carbocycles. The van der Waals surface area contributed by atoms with Crippen LogP contribution in [0.3, 0.4) is 0 Å². The van der Waals surface area contributed by atoms with E-state index in [0.717, 1.165) is 0 Å². The second kappa shape index (κ2) is 6.76. The molecule has 2 aromatic rings. The fourth-order valence-corrected chi connectivity index (χ4v) is 2.53. The van der Waals surface area contributed by atoms with Gasteiger partial charge in [0.2, 0.25) is 11.6 Å². The number of aromatic nitrogens is 2. The van der Waals surface area contributed by atoms with Crippen molar-refractivity contribution in [2.75, 3.05) is 36.5 Å². The lowest BCUT2D eigenvalue weighted by Gasteiger charge is -2.27. The summed E-state index contributed by atoms with van der Waals surface area (Å²) in [7, 11) is 0. The SMILES string of the molecule is O=[N+]([O-])c1c(Nc2cccc(Cl)c2)ncnc1N1CCOCC1. The molecule has 0 saturated carbocycles. The Kier molecular flexibility index (Phi) is 4.54. The summed E-state index contributed by atoms with van der Waals surface area (Å²) in [5.41, 5.74) is 0.460. The first-order chi connectivity index (χ1) is 11.1. The number of nitro groups is 1. The maximum absolute atomic E-state index is 11.5. The molecule has 1 aromatic heterocycles. The zero-order valence-corrected chi connectivity index (χ0v) is 12.9. The molecule has 9 heteroatoms. The first-order valence-electron chi connectivity index (χ1n) is 7.00. The van der Waals surface area contributed by atoms with Crippen LogP contribution in [0, 0.1) is 10.1 Å². The molecule has 0 unspecified atom stereocenters. The Morgan fingerprint density at radius 1 is 1.30 bits per heavy atom. The highest BCUT2D eigenvalue weighted by Gasteiger charge is 2.28. The summed E-state index contributed by atoms with van der Waals surface area (Å²) in [6, 6.07) is 6.90. The van der Waals surface area contributed by atoms with E-state index in [4.69, 9.17) is 16.3 Å². The molecule has 0 radical (unpaired) electrons. The molecule has 1 saturated heterocycles. The topological polar surface area (TPSA) is 93.4 Å². The molecule has 1 aliphatic rings. The zero-order valence-electron chi connectivity index (χ0n) is 12.1. The average molecular weight is 336 g/mol. The monoisotopic (exact) mass is 335 g/mol. The van der Waals surface area contributed by atoms with Crippen molar-refractivity contribution < 1.29 is 9.66 Å². The van der Waals surface area contributed by atoms with Gasteiger partial charge in [0.25, 0.3) is 0 Å². The lowest BCUT2D eigenvalue weighted by atomic mass is 10.3. The van der Waals surface area contributed by atoms with E-state index in [1.807, 2.05) is 4.90 Å². The molecule has 0 bridgehead atoms. The lowest BCUT2D eigenvalue weighted by Crippen LogP contribution is -2.37. The van der Waals surface area contributed by atoms with E-state index in [1.165, 1.54) is 6.33 Å². The van der Waals surface area contributed by atoms with Gasteiger partial charge in [-0.05, 0) is 18.2 Å². The van der Waals surface area contributed by atoms with Crippen molar-refractivity contribution in [1.82, 2.24) is 9.97 Å². The highest BCUT2D eigenvalue weighted by atomic mass is 35.5. The Bertz CT molecular complexity index is 721. The van der Waals surface area contributed by atoms with Gasteiger partial charge in [0.15, 0.2) is 0 Å². The van der Waals surface area contributed by atoms with Gasteiger partial charge < -0.3 is 15.0 Å². The summed E-state index contributed by atoms with van der Waals surface area (Å²) < 4.78 is 5.28. The van der Waals surface area contributed by atoms with Gasteiger partial charge in [-0.3, -0.25) is 10.1 Å². The molecule has 0 atom stereocenters. The van der Waals surface area contributed by atoms with Crippen LogP contribution >= 0.6 is 11.6 Å². The molecular formula is C14H14ClN5O3. The molecule has 1 aliphatic heterocycles. The largest absolute Gasteiger partial charge is 0.378 e. The van der Waals surface area contributed by atoms with Gasteiger partial charge >= 0.3 is 5.69 Å². The van der Waals surface area contributed by atoms with Crippen LogP contribution in [-0.4, -0.2) is 41.2 Å². The van der Waals surface area contributed by atoms with Crippen molar-refractivity contribution in [3.8, 4) is 0 Å². The molecule has 1 fully saturated rings. The molecule has 120 valence electrons. The Labute approximate surface area is 137 Å². The van der Waals surface area contributed by atoms with E-state index in [1.54, 1.807) is 24.3 Å². The van der Waals surface area contributed by atoms with E-state index in [-0.39, 0.29) is 17.3 Å². The Morgan fingerprint density at radius 2 is 2.09 bits per heavy atom. The third kappa shape index (κ3) is 3.49. The van der Waals surface area contributed by atoms with Gasteiger partial charge in [-0.1, -0.05) is 17.7 Å². The lowest BCUT2D eigenvalue weighted by molar-refractivity contribution is -0.383. The molecule has 2 heterocycles. The second-order valence-corrected chi connectivity index (χ2v) is 5.32. The summed E-state index contributed by atoms with van der Waals surface area (Å²) in [6.07, 6.45) is 1.31. The summed E-state index contributed by atoms with van der Waals surface area (Å²) >= 11 is 5.94. The number of halogens is 1. The van der Waals surface area contributed by atoms with Gasteiger partial charge in [0, 0.05) is 23.8 Å². The maximum atomic E-state index is 11.5. The van der Waals surface area contributed by atoms with Crippen LogP contribution in [0.1, 0.15) is 0 Å². The molecule has 23 heavy (non-hydrogen) atoms. The number of anilines is 3. The maximum Gasteiger partial charge on any atom is 0.353 e. The van der Waals surface area contributed by atoms with Gasteiger partial charge in [0.05, 0.1) is 18.1 Å². The normalized spacial score (nSPS) is 14.6. The highest BCUT2D eigenvalue weighted by molar-refractivity contribution is 6.30. The van der Waals surface area contributed by atoms with Crippen molar-refractivity contribution in [2.45, 2.75) is 0 Å². The molecule has 0 amide bonds. The van der Waals surface area contributed by atoms with Gasteiger partial charge in [0.1, 0.15) is 6.33 Å². The van der Waals surface area contributed by atoms with Crippen LogP contribution in [0.2, 0.25) is 5.02 Å². The molecule has 3 rings (SSSR count). The van der Waals surface area contributed by atoms with Gasteiger partial charge in [-0.15, -0.1) is 0 Å². The fourth-order valence-electron chi connectivity index (χ4n) is 2.34. The molecule has 0 spiro atoms. The van der Waals surface area contributed by atoms with Crippen LogP contribution < -0.4 is 10.2 Å². The predicted octanol–water partition coefficient (Wildman–Crippen LogP) is 2.62. The van der Waals surface area contributed by atoms with Crippen LogP contribution in [0.15, 0.2) is 30.6 Å². The van der Waals surface area contributed by atoms with Crippen molar-refractivity contribution in [3.63, 3.8) is 0 Å². The summed E-state index contributed by atoms with van der Waals surface area (Å²) in [4.78, 5) is 21.0. The number of ether oxygens (including phenoxy) is 1. The number of morpholine rings is 1. The summed E-state index contributed by atoms with van der Waals surface area (Å²) in [5, 5.41) is 15.0. The van der Waals surface area contributed by atoms with Gasteiger partial charge in [-0.25, -0.2) is 9.97 Å².